The molecule has 0 unspecified atom stereocenters. The van der Waals surface area contributed by atoms with Crippen LogP contribution >= 0.6 is 0 Å². The summed E-state index contributed by atoms with van der Waals surface area (Å²) in [5.74, 6) is -3.14. The molecule has 0 radical (unpaired) electrons. The third-order valence-corrected chi connectivity index (χ3v) is 4.12. The minimum absolute atomic E-state index is 0.122. The van der Waals surface area contributed by atoms with Gasteiger partial charge in [-0.2, -0.15) is 0 Å². The number of nitrogens with one attached hydrogen (secondary N) is 2. The summed E-state index contributed by atoms with van der Waals surface area (Å²) >= 11 is 0. The minimum atomic E-state index is -1.19. The van der Waals surface area contributed by atoms with Gasteiger partial charge in [-0.3, -0.25) is 14.4 Å². The molecule has 148 valence electrons. The molecule has 0 saturated carbocycles. The van der Waals surface area contributed by atoms with Crippen LogP contribution in [-0.4, -0.2) is 29.8 Å². The van der Waals surface area contributed by atoms with E-state index in [-0.39, 0.29) is 24.0 Å². The Bertz CT molecular complexity index is 873. The van der Waals surface area contributed by atoms with E-state index in [1.165, 1.54) is 43.3 Å². The van der Waals surface area contributed by atoms with E-state index in [1.54, 1.807) is 12.1 Å². The fraction of sp³-hybridized carbons (Fsp3) is 0.250. The first kappa shape index (κ1) is 21.0. The fourth-order valence-electron chi connectivity index (χ4n) is 2.72. The van der Waals surface area contributed by atoms with Gasteiger partial charge in [0.25, 0.3) is 0 Å². The van der Waals surface area contributed by atoms with Crippen molar-refractivity contribution >= 4 is 17.7 Å². The Morgan fingerprint density at radius 2 is 1.32 bits per heavy atom. The van der Waals surface area contributed by atoms with Crippen LogP contribution in [0.5, 0.6) is 0 Å². The predicted molar refractivity (Wildman–Crippen MR) is 98.9 cm³/mol. The van der Waals surface area contributed by atoms with E-state index in [1.807, 2.05) is 0 Å². The van der Waals surface area contributed by atoms with Crippen LogP contribution in [-0.2, 0) is 27.2 Å². The number of hydrogen-bond acceptors (Lipinski definition) is 3. The summed E-state index contributed by atoms with van der Waals surface area (Å²) in [6.45, 7) is 1.21. The average Bonchev–Trinajstić information content (AvgIpc) is 2.63. The summed E-state index contributed by atoms with van der Waals surface area (Å²) in [5, 5.41) is 4.85. The zero-order chi connectivity index (χ0) is 20.7. The lowest BCUT2D eigenvalue weighted by Gasteiger charge is -2.22. The van der Waals surface area contributed by atoms with Crippen molar-refractivity contribution in [2.45, 2.75) is 31.8 Å². The van der Waals surface area contributed by atoms with Gasteiger partial charge in [0.1, 0.15) is 23.7 Å². The second-order valence-electron chi connectivity index (χ2n) is 6.31. The number of rotatable bonds is 8. The molecule has 4 N–H and O–H groups in total. The summed E-state index contributed by atoms with van der Waals surface area (Å²) in [4.78, 5) is 35.8. The maximum atomic E-state index is 13.9. The number of primary amides is 1. The normalized spacial score (nSPS) is 12.7. The van der Waals surface area contributed by atoms with E-state index in [0.717, 1.165) is 0 Å². The number of benzene rings is 2. The highest BCUT2D eigenvalue weighted by molar-refractivity contribution is 5.91. The van der Waals surface area contributed by atoms with Gasteiger partial charge >= 0.3 is 0 Å². The Morgan fingerprint density at radius 1 is 0.857 bits per heavy atom. The Labute approximate surface area is 161 Å². The van der Waals surface area contributed by atoms with E-state index in [9.17, 15) is 23.2 Å². The van der Waals surface area contributed by atoms with Crippen molar-refractivity contribution in [3.63, 3.8) is 0 Å². The molecule has 0 bridgehead atoms. The monoisotopic (exact) mass is 389 g/mol. The maximum Gasteiger partial charge on any atom is 0.243 e. The van der Waals surface area contributed by atoms with Crippen molar-refractivity contribution in [1.82, 2.24) is 10.6 Å². The number of nitrogens with two attached hydrogens (primary N) is 1. The van der Waals surface area contributed by atoms with Crippen molar-refractivity contribution < 1.29 is 23.2 Å². The summed E-state index contributed by atoms with van der Waals surface area (Å²) < 4.78 is 27.8. The Kier molecular flexibility index (Phi) is 7.20. The van der Waals surface area contributed by atoms with Crippen molar-refractivity contribution in [2.75, 3.05) is 0 Å². The van der Waals surface area contributed by atoms with Crippen molar-refractivity contribution in [3.8, 4) is 0 Å². The summed E-state index contributed by atoms with van der Waals surface area (Å²) in [6.07, 6.45) is -0.274. The largest absolute Gasteiger partial charge is 0.368 e. The summed E-state index contributed by atoms with van der Waals surface area (Å²) in [5.41, 5.74) is 5.77. The fourth-order valence-corrected chi connectivity index (χ4v) is 2.72. The van der Waals surface area contributed by atoms with E-state index < -0.39 is 41.4 Å². The molecule has 3 amide bonds. The molecule has 8 heteroatoms. The van der Waals surface area contributed by atoms with Crippen LogP contribution < -0.4 is 16.4 Å². The molecule has 0 spiro atoms. The van der Waals surface area contributed by atoms with Gasteiger partial charge in [0.05, 0.1) is 0 Å². The molecule has 2 rings (SSSR count). The van der Waals surface area contributed by atoms with Gasteiger partial charge in [-0.1, -0.05) is 36.4 Å². The summed E-state index contributed by atoms with van der Waals surface area (Å²) in [7, 11) is 0. The van der Waals surface area contributed by atoms with Crippen LogP contribution in [0, 0.1) is 11.6 Å². The standard InChI is InChI=1S/C20H21F2N3O3/c1-12(26)24-18(11-14-7-3-5-9-16(14)22)20(28)25-17(19(23)27)10-13-6-2-4-8-15(13)21/h2-9,17-18H,10-11H2,1H3,(H2,23,27)(H,24,26)(H,25,28)/t17-,18+/m1/s1. The van der Waals surface area contributed by atoms with Gasteiger partial charge in [-0.15, -0.1) is 0 Å². The van der Waals surface area contributed by atoms with Crippen LogP contribution in [0.2, 0.25) is 0 Å². The van der Waals surface area contributed by atoms with E-state index in [2.05, 4.69) is 10.6 Å². The molecule has 0 aliphatic rings. The van der Waals surface area contributed by atoms with Crippen LogP contribution in [0.3, 0.4) is 0 Å². The number of carbonyl (C=O) groups is 3. The molecule has 28 heavy (non-hydrogen) atoms. The number of carbonyl (C=O) groups excluding carboxylic acids is 3. The smallest absolute Gasteiger partial charge is 0.243 e. The zero-order valence-corrected chi connectivity index (χ0v) is 15.2. The van der Waals surface area contributed by atoms with Gasteiger partial charge in [-0.25, -0.2) is 8.78 Å². The molecule has 6 nitrogen and oxygen atoms in total. The lowest BCUT2D eigenvalue weighted by atomic mass is 10.0. The van der Waals surface area contributed by atoms with Crippen molar-refractivity contribution in [3.05, 3.63) is 71.3 Å². The van der Waals surface area contributed by atoms with Gasteiger partial charge in [-0.05, 0) is 23.3 Å². The molecular formula is C20H21F2N3O3. The molecule has 0 aliphatic carbocycles. The second kappa shape index (κ2) is 9.59. The second-order valence-corrected chi connectivity index (χ2v) is 6.31. The first-order valence-corrected chi connectivity index (χ1v) is 8.61. The predicted octanol–water partition coefficient (Wildman–Crippen LogP) is 1.22. The summed E-state index contributed by atoms with van der Waals surface area (Å²) in [6, 6.07) is 9.31. The zero-order valence-electron chi connectivity index (χ0n) is 15.2. The third kappa shape index (κ3) is 5.87. The van der Waals surface area contributed by atoms with Gasteiger partial charge < -0.3 is 16.4 Å². The van der Waals surface area contributed by atoms with Gasteiger partial charge in [0.2, 0.25) is 17.7 Å². The Hall–Kier alpha value is -3.29. The maximum absolute atomic E-state index is 13.9. The molecule has 0 aromatic heterocycles. The molecule has 2 aromatic rings. The van der Waals surface area contributed by atoms with E-state index >= 15 is 0 Å². The average molecular weight is 389 g/mol. The molecule has 2 aromatic carbocycles. The SMILES string of the molecule is CC(=O)N[C@@H](Cc1ccccc1F)C(=O)N[C@H](Cc1ccccc1F)C(N)=O. The molecule has 0 saturated heterocycles. The molecule has 2 atom stereocenters. The quantitative estimate of drug-likeness (QED) is 0.633. The minimum Gasteiger partial charge on any atom is -0.368 e. The van der Waals surface area contributed by atoms with E-state index in [0.29, 0.717) is 0 Å². The van der Waals surface area contributed by atoms with Gasteiger partial charge in [0, 0.05) is 19.8 Å². The Balaban J connectivity index is 2.17. The number of amides is 3. The number of hydrogen-bond donors (Lipinski definition) is 3. The van der Waals surface area contributed by atoms with Gasteiger partial charge in [0.15, 0.2) is 0 Å². The first-order valence-electron chi connectivity index (χ1n) is 8.61. The Morgan fingerprint density at radius 3 is 1.75 bits per heavy atom. The van der Waals surface area contributed by atoms with Crippen molar-refractivity contribution in [1.29, 1.82) is 0 Å². The van der Waals surface area contributed by atoms with Crippen LogP contribution in [0.4, 0.5) is 8.78 Å². The lowest BCUT2D eigenvalue weighted by Crippen LogP contribution is -2.54. The molecule has 0 fully saturated rings. The molecule has 0 heterocycles. The van der Waals surface area contributed by atoms with Crippen LogP contribution in [0.15, 0.2) is 48.5 Å². The van der Waals surface area contributed by atoms with Crippen molar-refractivity contribution in [2.24, 2.45) is 5.73 Å². The first-order chi connectivity index (χ1) is 13.3. The topological polar surface area (TPSA) is 101 Å². The molecule has 0 aliphatic heterocycles. The van der Waals surface area contributed by atoms with Crippen LogP contribution in [0.25, 0.3) is 0 Å². The highest BCUT2D eigenvalue weighted by Gasteiger charge is 2.26. The number of halogens is 2. The lowest BCUT2D eigenvalue weighted by molar-refractivity contribution is -0.130. The highest BCUT2D eigenvalue weighted by Crippen LogP contribution is 2.12. The highest BCUT2D eigenvalue weighted by atomic mass is 19.1. The third-order valence-electron chi connectivity index (χ3n) is 4.12. The van der Waals surface area contributed by atoms with Crippen LogP contribution in [0.1, 0.15) is 18.1 Å². The van der Waals surface area contributed by atoms with E-state index in [4.69, 9.17) is 5.73 Å². The molecular weight excluding hydrogens is 368 g/mol.